The molecule has 0 bridgehead atoms. The summed E-state index contributed by atoms with van der Waals surface area (Å²) in [6.07, 6.45) is 3.29. The number of rotatable bonds is 2. The molecule has 0 saturated carbocycles. The summed E-state index contributed by atoms with van der Waals surface area (Å²) < 4.78 is 0. The van der Waals surface area contributed by atoms with Gasteiger partial charge in [0.15, 0.2) is 0 Å². The van der Waals surface area contributed by atoms with Crippen LogP contribution < -0.4 is 0 Å². The third-order valence-electron chi connectivity index (χ3n) is 4.20. The molecule has 0 spiro atoms. The zero-order valence-electron chi connectivity index (χ0n) is 11.1. The fourth-order valence-electron chi connectivity index (χ4n) is 2.42. The lowest BCUT2D eigenvalue weighted by molar-refractivity contribution is 0.0600. The molecule has 1 heterocycles. The molecule has 98 valence electrons. The summed E-state index contributed by atoms with van der Waals surface area (Å²) in [5, 5.41) is 9.41. The Kier molecular flexibility index (Phi) is 3.60. The first-order valence-corrected chi connectivity index (χ1v) is 6.62. The summed E-state index contributed by atoms with van der Waals surface area (Å²) in [6.45, 7) is 6.15. The molecular formula is C15H21NO2. The monoisotopic (exact) mass is 247 g/mol. The number of piperidine rings is 1. The van der Waals surface area contributed by atoms with Crippen molar-refractivity contribution in [1.29, 1.82) is 0 Å². The van der Waals surface area contributed by atoms with Crippen LogP contribution in [0.1, 0.15) is 43.5 Å². The van der Waals surface area contributed by atoms with E-state index < -0.39 is 0 Å². The van der Waals surface area contributed by atoms with E-state index in [0.29, 0.717) is 11.0 Å². The van der Waals surface area contributed by atoms with Gasteiger partial charge in [0.2, 0.25) is 0 Å². The first kappa shape index (κ1) is 12.9. The van der Waals surface area contributed by atoms with Crippen molar-refractivity contribution >= 4 is 5.91 Å². The smallest absolute Gasteiger partial charge is 0.253 e. The molecule has 1 fully saturated rings. The lowest BCUT2D eigenvalue weighted by atomic mass is 9.78. The molecule has 1 aliphatic rings. The van der Waals surface area contributed by atoms with Gasteiger partial charge in [-0.2, -0.15) is 0 Å². The highest BCUT2D eigenvalue weighted by Gasteiger charge is 2.30. The number of nitrogens with zero attached hydrogens (tertiary/aromatic N) is 1. The highest BCUT2D eigenvalue weighted by molar-refractivity contribution is 5.94. The van der Waals surface area contributed by atoms with E-state index in [1.807, 2.05) is 4.90 Å². The molecule has 3 heteroatoms. The van der Waals surface area contributed by atoms with Crippen LogP contribution in [-0.2, 0) is 0 Å². The van der Waals surface area contributed by atoms with Gasteiger partial charge in [-0.25, -0.2) is 0 Å². The quantitative estimate of drug-likeness (QED) is 0.872. The summed E-state index contributed by atoms with van der Waals surface area (Å²) in [5.41, 5.74) is 0.963. The van der Waals surface area contributed by atoms with Gasteiger partial charge in [-0.15, -0.1) is 0 Å². The second kappa shape index (κ2) is 5.01. The first-order valence-electron chi connectivity index (χ1n) is 6.62. The zero-order chi connectivity index (χ0) is 13.2. The number of hydrogen-bond donors (Lipinski definition) is 1. The van der Waals surface area contributed by atoms with Crippen molar-refractivity contribution in [2.24, 2.45) is 5.41 Å². The molecule has 0 aliphatic carbocycles. The predicted molar refractivity (Wildman–Crippen MR) is 71.6 cm³/mol. The molecule has 0 aromatic heterocycles. The minimum atomic E-state index is 0.0315. The molecule has 1 aliphatic heterocycles. The van der Waals surface area contributed by atoms with Crippen LogP contribution in [0, 0.1) is 5.41 Å². The topological polar surface area (TPSA) is 40.5 Å². The summed E-state index contributed by atoms with van der Waals surface area (Å²) in [5.74, 6) is 0.181. The van der Waals surface area contributed by atoms with E-state index in [9.17, 15) is 9.90 Å². The third-order valence-corrected chi connectivity index (χ3v) is 4.20. The Balaban J connectivity index is 2.04. The van der Waals surface area contributed by atoms with E-state index in [1.54, 1.807) is 18.2 Å². The van der Waals surface area contributed by atoms with E-state index in [0.717, 1.165) is 25.9 Å². The van der Waals surface area contributed by atoms with Crippen LogP contribution in [0.3, 0.4) is 0 Å². The maximum atomic E-state index is 12.3. The molecule has 2 rings (SSSR count). The van der Waals surface area contributed by atoms with E-state index >= 15 is 0 Å². The number of amides is 1. The Bertz CT molecular complexity index is 434. The minimum absolute atomic E-state index is 0.0315. The summed E-state index contributed by atoms with van der Waals surface area (Å²) >= 11 is 0. The number of carbonyl (C=O) groups excluding carboxylic acids is 1. The van der Waals surface area contributed by atoms with E-state index in [2.05, 4.69) is 13.8 Å². The van der Waals surface area contributed by atoms with Crippen LogP contribution in [0.5, 0.6) is 5.75 Å². The maximum absolute atomic E-state index is 12.3. The number of likely N-dealkylation sites (tertiary alicyclic amines) is 1. The molecule has 3 nitrogen and oxygen atoms in total. The minimum Gasteiger partial charge on any atom is -0.508 e. The van der Waals surface area contributed by atoms with Crippen molar-refractivity contribution in [3.05, 3.63) is 29.8 Å². The first-order chi connectivity index (χ1) is 8.54. The normalized spacial score (nSPS) is 18.7. The Hall–Kier alpha value is -1.51. The average molecular weight is 247 g/mol. The lowest BCUT2D eigenvalue weighted by Gasteiger charge is -2.38. The van der Waals surface area contributed by atoms with Crippen LogP contribution in [-0.4, -0.2) is 29.0 Å². The van der Waals surface area contributed by atoms with Crippen LogP contribution in [0.2, 0.25) is 0 Å². The van der Waals surface area contributed by atoms with Gasteiger partial charge < -0.3 is 10.0 Å². The lowest BCUT2D eigenvalue weighted by Crippen LogP contribution is -2.41. The predicted octanol–water partition coefficient (Wildman–Crippen LogP) is 3.04. The highest BCUT2D eigenvalue weighted by Crippen LogP contribution is 2.34. The number of aromatic hydroxyl groups is 1. The number of phenolic OH excluding ortho intramolecular Hbond substituents is 1. The molecule has 1 aromatic carbocycles. The van der Waals surface area contributed by atoms with Gasteiger partial charge in [0.25, 0.3) is 5.91 Å². The molecular weight excluding hydrogens is 226 g/mol. The Morgan fingerprint density at radius 1 is 1.39 bits per heavy atom. The SMILES string of the molecule is CCC1(C)CCN(C(=O)c2cccc(O)c2)CC1. The zero-order valence-corrected chi connectivity index (χ0v) is 11.1. The highest BCUT2D eigenvalue weighted by atomic mass is 16.3. The summed E-state index contributed by atoms with van der Waals surface area (Å²) in [7, 11) is 0. The maximum Gasteiger partial charge on any atom is 0.253 e. The van der Waals surface area contributed by atoms with Gasteiger partial charge in [-0.05, 0) is 36.5 Å². The van der Waals surface area contributed by atoms with Crippen molar-refractivity contribution in [2.75, 3.05) is 13.1 Å². The average Bonchev–Trinajstić information content (AvgIpc) is 2.39. The Morgan fingerprint density at radius 3 is 2.61 bits per heavy atom. The van der Waals surface area contributed by atoms with Gasteiger partial charge in [0.1, 0.15) is 5.75 Å². The molecule has 0 radical (unpaired) electrons. The molecule has 0 unspecified atom stereocenters. The standard InChI is InChI=1S/C15H21NO2/c1-3-15(2)7-9-16(10-8-15)14(18)12-5-4-6-13(17)11-12/h4-6,11,17H,3,7-10H2,1-2H3. The fraction of sp³-hybridized carbons (Fsp3) is 0.533. The number of carbonyl (C=O) groups is 1. The van der Waals surface area contributed by atoms with E-state index in [-0.39, 0.29) is 11.7 Å². The van der Waals surface area contributed by atoms with Gasteiger partial charge in [0, 0.05) is 18.7 Å². The second-order valence-corrected chi connectivity index (χ2v) is 5.51. The van der Waals surface area contributed by atoms with Crippen LogP contribution >= 0.6 is 0 Å². The largest absolute Gasteiger partial charge is 0.508 e. The second-order valence-electron chi connectivity index (χ2n) is 5.51. The van der Waals surface area contributed by atoms with Crippen LogP contribution in [0.15, 0.2) is 24.3 Å². The number of hydrogen-bond acceptors (Lipinski definition) is 2. The van der Waals surface area contributed by atoms with Gasteiger partial charge in [-0.1, -0.05) is 26.3 Å². The molecule has 1 N–H and O–H groups in total. The van der Waals surface area contributed by atoms with Crippen molar-refractivity contribution in [1.82, 2.24) is 4.90 Å². The van der Waals surface area contributed by atoms with E-state index in [1.165, 1.54) is 12.5 Å². The fourth-order valence-corrected chi connectivity index (χ4v) is 2.42. The van der Waals surface area contributed by atoms with Crippen molar-refractivity contribution < 1.29 is 9.90 Å². The van der Waals surface area contributed by atoms with Crippen molar-refractivity contribution in [2.45, 2.75) is 33.1 Å². The van der Waals surface area contributed by atoms with Gasteiger partial charge in [0.05, 0.1) is 0 Å². The molecule has 1 amide bonds. The molecule has 0 atom stereocenters. The Morgan fingerprint density at radius 2 is 2.06 bits per heavy atom. The Labute approximate surface area is 108 Å². The van der Waals surface area contributed by atoms with E-state index in [4.69, 9.17) is 0 Å². The van der Waals surface area contributed by atoms with Gasteiger partial charge >= 0.3 is 0 Å². The van der Waals surface area contributed by atoms with Gasteiger partial charge in [-0.3, -0.25) is 4.79 Å². The molecule has 18 heavy (non-hydrogen) atoms. The summed E-state index contributed by atoms with van der Waals surface area (Å²) in [6, 6.07) is 6.59. The summed E-state index contributed by atoms with van der Waals surface area (Å²) in [4.78, 5) is 14.2. The van der Waals surface area contributed by atoms with Crippen LogP contribution in [0.25, 0.3) is 0 Å². The molecule has 1 aromatic rings. The number of benzene rings is 1. The third kappa shape index (κ3) is 2.66. The van der Waals surface area contributed by atoms with Crippen molar-refractivity contribution in [3.8, 4) is 5.75 Å². The van der Waals surface area contributed by atoms with Crippen molar-refractivity contribution in [3.63, 3.8) is 0 Å². The number of phenols is 1. The molecule has 1 saturated heterocycles. The van der Waals surface area contributed by atoms with Crippen LogP contribution in [0.4, 0.5) is 0 Å².